The molecule has 1 saturated carbocycles. The quantitative estimate of drug-likeness (QED) is 0.672. The van der Waals surface area contributed by atoms with Crippen molar-refractivity contribution in [3.8, 4) is 11.3 Å². The summed E-state index contributed by atoms with van der Waals surface area (Å²) in [7, 11) is 0. The fraction of sp³-hybridized carbons (Fsp3) is 0.429. The summed E-state index contributed by atoms with van der Waals surface area (Å²) in [6.07, 6.45) is 6.71. The number of benzene rings is 1. The van der Waals surface area contributed by atoms with Gasteiger partial charge < -0.3 is 14.3 Å². The van der Waals surface area contributed by atoms with Crippen LogP contribution in [0.4, 0.5) is 4.39 Å². The Morgan fingerprint density at radius 2 is 2.03 bits per heavy atom. The van der Waals surface area contributed by atoms with Crippen molar-refractivity contribution in [1.29, 1.82) is 0 Å². The van der Waals surface area contributed by atoms with Crippen LogP contribution in [-0.2, 0) is 16.8 Å². The van der Waals surface area contributed by atoms with Gasteiger partial charge in [-0.15, -0.1) is 0 Å². The third kappa shape index (κ3) is 4.21. The van der Waals surface area contributed by atoms with Gasteiger partial charge in [-0.2, -0.15) is 4.98 Å². The van der Waals surface area contributed by atoms with Crippen LogP contribution in [0.25, 0.3) is 11.3 Å². The molecule has 1 aromatic carbocycles. The van der Waals surface area contributed by atoms with E-state index in [9.17, 15) is 9.18 Å². The highest BCUT2D eigenvalue weighted by Gasteiger charge is 2.39. The van der Waals surface area contributed by atoms with Crippen molar-refractivity contribution in [1.82, 2.24) is 20.4 Å². The van der Waals surface area contributed by atoms with E-state index in [2.05, 4.69) is 20.4 Å². The van der Waals surface area contributed by atoms with Crippen LogP contribution in [0.1, 0.15) is 56.1 Å². The third-order valence-electron chi connectivity index (χ3n) is 5.30. The molecule has 2 aromatic heterocycles. The number of carbonyl (C=O) groups is 1. The summed E-state index contributed by atoms with van der Waals surface area (Å²) < 4.78 is 24.7. The predicted molar refractivity (Wildman–Crippen MR) is 102 cm³/mol. The van der Waals surface area contributed by atoms with Crippen molar-refractivity contribution in [2.24, 2.45) is 0 Å². The number of carbonyl (C=O) groups excluding carboxylic acids is 1. The Kier molecular flexibility index (Phi) is 5.42. The van der Waals surface area contributed by atoms with Crippen LogP contribution >= 0.6 is 0 Å². The number of nitrogens with one attached hydrogen (secondary N) is 1. The Morgan fingerprint density at radius 3 is 2.76 bits per heavy atom. The van der Waals surface area contributed by atoms with Crippen molar-refractivity contribution in [2.45, 2.75) is 57.4 Å². The van der Waals surface area contributed by atoms with Gasteiger partial charge in [-0.3, -0.25) is 4.79 Å². The summed E-state index contributed by atoms with van der Waals surface area (Å²) >= 11 is 0. The SMILES string of the molecule is Cc1nc(C2(NC(=O)CCc3ncc(-c4ccccc4F)o3)CCCCC2)no1. The highest BCUT2D eigenvalue weighted by molar-refractivity contribution is 5.77. The number of nitrogens with zero attached hydrogens (tertiary/aromatic N) is 3. The molecule has 152 valence electrons. The average Bonchev–Trinajstić information content (AvgIpc) is 3.37. The normalized spacial score (nSPS) is 15.9. The second-order valence-corrected chi connectivity index (χ2v) is 7.43. The summed E-state index contributed by atoms with van der Waals surface area (Å²) in [5.41, 5.74) is -0.230. The maximum Gasteiger partial charge on any atom is 0.223 e. The minimum absolute atomic E-state index is 0.125. The monoisotopic (exact) mass is 398 g/mol. The van der Waals surface area contributed by atoms with E-state index in [0.29, 0.717) is 35.4 Å². The molecule has 1 N–H and O–H groups in total. The largest absolute Gasteiger partial charge is 0.441 e. The van der Waals surface area contributed by atoms with Crippen LogP contribution in [0.15, 0.2) is 39.4 Å². The van der Waals surface area contributed by atoms with Gasteiger partial charge >= 0.3 is 0 Å². The topological polar surface area (TPSA) is 94.1 Å². The van der Waals surface area contributed by atoms with Gasteiger partial charge in [0.15, 0.2) is 17.5 Å². The van der Waals surface area contributed by atoms with Crippen LogP contribution in [0.5, 0.6) is 0 Å². The van der Waals surface area contributed by atoms with Crippen molar-refractivity contribution < 1.29 is 18.1 Å². The Balaban J connectivity index is 1.41. The predicted octanol–water partition coefficient (Wildman–Crippen LogP) is 4.08. The molecule has 1 aliphatic rings. The Hall–Kier alpha value is -3.03. The zero-order valence-electron chi connectivity index (χ0n) is 16.3. The molecule has 0 spiro atoms. The lowest BCUT2D eigenvalue weighted by Gasteiger charge is -2.35. The molecule has 0 unspecified atom stereocenters. The van der Waals surface area contributed by atoms with Crippen LogP contribution in [0, 0.1) is 12.7 Å². The standard InChI is InChI=1S/C21H23FN4O3/c1-14-24-20(26-29-14)21(11-5-2-6-12-21)25-18(27)9-10-19-23-13-17(28-19)15-7-3-4-8-16(15)22/h3-4,7-8,13H,2,5-6,9-12H2,1H3,(H,25,27). The molecule has 1 amide bonds. The summed E-state index contributed by atoms with van der Waals surface area (Å²) in [6, 6.07) is 6.35. The van der Waals surface area contributed by atoms with E-state index in [4.69, 9.17) is 8.94 Å². The minimum Gasteiger partial charge on any atom is -0.441 e. The van der Waals surface area contributed by atoms with E-state index in [1.54, 1.807) is 25.1 Å². The highest BCUT2D eigenvalue weighted by atomic mass is 19.1. The molecule has 4 rings (SSSR count). The maximum atomic E-state index is 13.9. The fourth-order valence-electron chi connectivity index (χ4n) is 3.81. The molecule has 7 nitrogen and oxygen atoms in total. The lowest BCUT2D eigenvalue weighted by Crippen LogP contribution is -2.48. The van der Waals surface area contributed by atoms with Crippen molar-refractivity contribution in [3.63, 3.8) is 0 Å². The number of rotatable bonds is 6. The zero-order valence-corrected chi connectivity index (χ0v) is 16.3. The van der Waals surface area contributed by atoms with E-state index in [1.165, 1.54) is 12.3 Å². The number of oxazole rings is 1. The molecule has 3 aromatic rings. The first-order valence-corrected chi connectivity index (χ1v) is 9.87. The van der Waals surface area contributed by atoms with Gasteiger partial charge in [-0.1, -0.05) is 36.6 Å². The Bertz CT molecular complexity index is 991. The number of aromatic nitrogens is 3. The molecule has 8 heteroatoms. The molecule has 1 aliphatic carbocycles. The lowest BCUT2D eigenvalue weighted by atomic mass is 9.81. The number of hydrogen-bond donors (Lipinski definition) is 1. The van der Waals surface area contributed by atoms with Gasteiger partial charge in [0, 0.05) is 19.8 Å². The molecule has 2 heterocycles. The van der Waals surface area contributed by atoms with Gasteiger partial charge in [-0.05, 0) is 25.0 Å². The minimum atomic E-state index is -0.581. The molecule has 0 saturated heterocycles. The molecular weight excluding hydrogens is 375 g/mol. The van der Waals surface area contributed by atoms with Gasteiger partial charge in [0.25, 0.3) is 0 Å². The molecule has 1 fully saturated rings. The first kappa shape index (κ1) is 19.3. The van der Waals surface area contributed by atoms with Crippen molar-refractivity contribution in [2.75, 3.05) is 0 Å². The first-order valence-electron chi connectivity index (χ1n) is 9.87. The number of aryl methyl sites for hydroxylation is 2. The van der Waals surface area contributed by atoms with E-state index in [0.717, 1.165) is 32.1 Å². The number of halogens is 1. The van der Waals surface area contributed by atoms with Gasteiger partial charge in [0.2, 0.25) is 11.8 Å². The van der Waals surface area contributed by atoms with Gasteiger partial charge in [0.1, 0.15) is 11.4 Å². The summed E-state index contributed by atoms with van der Waals surface area (Å²) in [6.45, 7) is 1.74. The third-order valence-corrected chi connectivity index (χ3v) is 5.30. The smallest absolute Gasteiger partial charge is 0.223 e. The van der Waals surface area contributed by atoms with E-state index < -0.39 is 5.54 Å². The molecular formula is C21H23FN4O3. The van der Waals surface area contributed by atoms with Crippen LogP contribution in [-0.4, -0.2) is 21.0 Å². The lowest BCUT2D eigenvalue weighted by molar-refractivity contribution is -0.123. The maximum absolute atomic E-state index is 13.9. The molecule has 0 radical (unpaired) electrons. The van der Waals surface area contributed by atoms with Crippen LogP contribution < -0.4 is 5.32 Å². The first-order chi connectivity index (χ1) is 14.1. The molecule has 0 bridgehead atoms. The van der Waals surface area contributed by atoms with Crippen LogP contribution in [0.3, 0.4) is 0 Å². The van der Waals surface area contributed by atoms with Crippen LogP contribution in [0.2, 0.25) is 0 Å². The fourth-order valence-corrected chi connectivity index (χ4v) is 3.81. The average molecular weight is 398 g/mol. The second kappa shape index (κ2) is 8.14. The molecule has 0 atom stereocenters. The van der Waals surface area contributed by atoms with Gasteiger partial charge in [0.05, 0.1) is 11.8 Å². The number of hydrogen-bond acceptors (Lipinski definition) is 6. The van der Waals surface area contributed by atoms with Crippen molar-refractivity contribution in [3.05, 3.63) is 53.9 Å². The van der Waals surface area contributed by atoms with E-state index in [-0.39, 0.29) is 18.1 Å². The van der Waals surface area contributed by atoms with E-state index in [1.807, 2.05) is 0 Å². The zero-order chi connectivity index (χ0) is 20.3. The summed E-state index contributed by atoms with van der Waals surface area (Å²) in [4.78, 5) is 21.2. The van der Waals surface area contributed by atoms with E-state index >= 15 is 0 Å². The summed E-state index contributed by atoms with van der Waals surface area (Å²) in [5.74, 6) is 1.28. The number of amides is 1. The second-order valence-electron chi connectivity index (χ2n) is 7.43. The Labute approximate surface area is 167 Å². The Morgan fingerprint density at radius 1 is 1.24 bits per heavy atom. The summed E-state index contributed by atoms with van der Waals surface area (Å²) in [5, 5.41) is 7.19. The molecule has 29 heavy (non-hydrogen) atoms. The van der Waals surface area contributed by atoms with Gasteiger partial charge in [-0.25, -0.2) is 9.37 Å². The van der Waals surface area contributed by atoms with Crippen molar-refractivity contribution >= 4 is 5.91 Å². The highest BCUT2D eigenvalue weighted by Crippen LogP contribution is 2.35. The molecule has 0 aliphatic heterocycles.